The van der Waals surface area contributed by atoms with E-state index in [4.69, 9.17) is 4.74 Å². The Labute approximate surface area is 160 Å². The van der Waals surface area contributed by atoms with E-state index in [9.17, 15) is 18.0 Å². The van der Waals surface area contributed by atoms with E-state index in [1.807, 2.05) is 0 Å². The van der Waals surface area contributed by atoms with Crippen LogP contribution in [0.1, 0.15) is 35.4 Å². The lowest BCUT2D eigenvalue weighted by Crippen LogP contribution is -2.33. The maximum Gasteiger partial charge on any atom is 0.435 e. The van der Waals surface area contributed by atoms with Gasteiger partial charge >= 0.3 is 6.18 Å². The number of carbonyl (C=O) groups is 1. The summed E-state index contributed by atoms with van der Waals surface area (Å²) in [7, 11) is 0. The second-order valence-electron chi connectivity index (χ2n) is 7.32. The van der Waals surface area contributed by atoms with Crippen molar-refractivity contribution in [2.45, 2.75) is 31.5 Å². The quantitative estimate of drug-likeness (QED) is 0.780. The number of hydrogen-bond donors (Lipinski definition) is 0. The van der Waals surface area contributed by atoms with Crippen LogP contribution in [0.3, 0.4) is 0 Å². The Morgan fingerprint density at radius 1 is 1.21 bits per heavy atom. The van der Waals surface area contributed by atoms with Crippen LogP contribution in [0, 0.1) is 0 Å². The van der Waals surface area contributed by atoms with Crippen molar-refractivity contribution in [3.8, 4) is 0 Å². The van der Waals surface area contributed by atoms with E-state index in [0.29, 0.717) is 26.1 Å². The smallest absolute Gasteiger partial charge is 0.375 e. The van der Waals surface area contributed by atoms with Gasteiger partial charge in [-0.25, -0.2) is 4.98 Å². The van der Waals surface area contributed by atoms with Gasteiger partial charge in [-0.1, -0.05) is 6.07 Å². The number of pyridine rings is 1. The second kappa shape index (κ2) is 7.71. The Bertz CT molecular complexity index is 845. The zero-order valence-corrected chi connectivity index (χ0v) is 15.5. The minimum absolute atomic E-state index is 0.107. The van der Waals surface area contributed by atoms with Crippen molar-refractivity contribution in [2.24, 2.45) is 0 Å². The predicted octanol–water partition coefficient (Wildman–Crippen LogP) is 2.68. The van der Waals surface area contributed by atoms with Crippen LogP contribution in [0.15, 0.2) is 24.4 Å². The summed E-state index contributed by atoms with van der Waals surface area (Å²) in [6.45, 7) is 4.30. The molecule has 4 rings (SSSR count). The van der Waals surface area contributed by atoms with Gasteiger partial charge in [0.1, 0.15) is 11.3 Å². The third-order valence-electron chi connectivity index (χ3n) is 5.39. The maximum absolute atomic E-state index is 13.4. The van der Waals surface area contributed by atoms with Gasteiger partial charge in [0.05, 0.1) is 12.7 Å². The molecule has 0 saturated carbocycles. The average molecular weight is 396 g/mol. The highest BCUT2D eigenvalue weighted by atomic mass is 19.4. The Morgan fingerprint density at radius 2 is 2.00 bits per heavy atom. The molecule has 6 nitrogen and oxygen atoms in total. The number of rotatable bonds is 5. The summed E-state index contributed by atoms with van der Waals surface area (Å²) in [6.07, 6.45) is -0.337. The van der Waals surface area contributed by atoms with E-state index >= 15 is 0 Å². The highest BCUT2D eigenvalue weighted by molar-refractivity contribution is 5.95. The third-order valence-corrected chi connectivity index (χ3v) is 5.39. The molecule has 2 aromatic heterocycles. The molecule has 28 heavy (non-hydrogen) atoms. The molecule has 2 aliphatic heterocycles. The van der Waals surface area contributed by atoms with Crippen LogP contribution in [0.2, 0.25) is 0 Å². The summed E-state index contributed by atoms with van der Waals surface area (Å²) in [5.74, 6) is -0.656. The Morgan fingerprint density at radius 3 is 2.75 bits per heavy atom. The van der Waals surface area contributed by atoms with E-state index in [-0.39, 0.29) is 11.8 Å². The lowest BCUT2D eigenvalue weighted by Gasteiger charge is -2.19. The lowest BCUT2D eigenvalue weighted by molar-refractivity contribution is -0.141. The molecule has 2 fully saturated rings. The van der Waals surface area contributed by atoms with Crippen molar-refractivity contribution >= 4 is 11.6 Å². The first-order chi connectivity index (χ1) is 13.4. The minimum Gasteiger partial charge on any atom is -0.375 e. The van der Waals surface area contributed by atoms with E-state index in [2.05, 4.69) is 9.88 Å². The zero-order valence-electron chi connectivity index (χ0n) is 15.5. The van der Waals surface area contributed by atoms with Crippen LogP contribution in [0.4, 0.5) is 13.2 Å². The number of amides is 1. The van der Waals surface area contributed by atoms with Gasteiger partial charge < -0.3 is 14.5 Å². The number of fused-ring (bicyclic) bond motifs is 1. The number of aromatic nitrogens is 2. The van der Waals surface area contributed by atoms with Crippen LogP contribution >= 0.6 is 0 Å². The van der Waals surface area contributed by atoms with E-state index in [1.165, 1.54) is 34.4 Å². The molecule has 0 spiro atoms. The molecular formula is C19H23F3N4O2. The van der Waals surface area contributed by atoms with Gasteiger partial charge in [0, 0.05) is 25.8 Å². The number of halogens is 3. The molecule has 1 amide bonds. The van der Waals surface area contributed by atoms with Gasteiger partial charge in [0.15, 0.2) is 5.69 Å². The van der Waals surface area contributed by atoms with Crippen molar-refractivity contribution in [3.05, 3.63) is 35.8 Å². The molecule has 0 aromatic carbocycles. The van der Waals surface area contributed by atoms with E-state index in [0.717, 1.165) is 19.6 Å². The molecule has 0 radical (unpaired) electrons. The normalized spacial score (nSPS) is 21.1. The summed E-state index contributed by atoms with van der Waals surface area (Å²) in [6, 6.07) is 4.64. The highest BCUT2D eigenvalue weighted by Gasteiger charge is 2.42. The molecule has 1 atom stereocenters. The number of alkyl halides is 3. The molecule has 2 saturated heterocycles. The first kappa shape index (κ1) is 19.2. The molecular weight excluding hydrogens is 373 g/mol. The fourth-order valence-electron chi connectivity index (χ4n) is 3.95. The van der Waals surface area contributed by atoms with Gasteiger partial charge in [0.2, 0.25) is 0 Å². The van der Waals surface area contributed by atoms with Crippen LogP contribution < -0.4 is 0 Å². The van der Waals surface area contributed by atoms with Crippen LogP contribution in [0.5, 0.6) is 0 Å². The SMILES string of the molecule is O=C(c1c(C(F)(F)F)nc2ccccn12)N1CCC(OCCN2CCCC2)C1. The number of likely N-dealkylation sites (tertiary alicyclic amines) is 2. The monoisotopic (exact) mass is 396 g/mol. The van der Waals surface area contributed by atoms with Gasteiger partial charge in [-0.05, 0) is 44.5 Å². The molecule has 2 aromatic rings. The van der Waals surface area contributed by atoms with Crippen molar-refractivity contribution in [2.75, 3.05) is 39.3 Å². The standard InChI is InChI=1S/C19H23F3N4O2/c20-19(21,22)17-16(26-9-2-1-5-15(26)23-17)18(27)25-10-6-14(13-25)28-12-11-24-7-3-4-8-24/h1-2,5,9,14H,3-4,6-8,10-13H2. The minimum atomic E-state index is -4.69. The topological polar surface area (TPSA) is 50.1 Å². The van der Waals surface area contributed by atoms with Crippen LogP contribution in [-0.2, 0) is 10.9 Å². The summed E-state index contributed by atoms with van der Waals surface area (Å²) in [5.41, 5.74) is -1.46. The predicted molar refractivity (Wildman–Crippen MR) is 96.1 cm³/mol. The number of hydrogen-bond acceptors (Lipinski definition) is 4. The molecule has 2 aliphatic rings. The summed E-state index contributed by atoms with van der Waals surface area (Å²) >= 11 is 0. The van der Waals surface area contributed by atoms with Crippen molar-refractivity contribution in [1.82, 2.24) is 19.2 Å². The summed E-state index contributed by atoms with van der Waals surface area (Å²) < 4.78 is 47.4. The van der Waals surface area contributed by atoms with Crippen LogP contribution in [-0.4, -0.2) is 70.5 Å². The third kappa shape index (κ3) is 3.86. The second-order valence-corrected chi connectivity index (χ2v) is 7.32. The van der Waals surface area contributed by atoms with E-state index < -0.39 is 23.5 Å². The largest absolute Gasteiger partial charge is 0.435 e. The maximum atomic E-state index is 13.4. The van der Waals surface area contributed by atoms with Crippen molar-refractivity contribution in [3.63, 3.8) is 0 Å². The first-order valence-corrected chi connectivity index (χ1v) is 9.61. The van der Waals surface area contributed by atoms with Crippen LogP contribution in [0.25, 0.3) is 5.65 Å². The van der Waals surface area contributed by atoms with Gasteiger partial charge in [-0.15, -0.1) is 0 Å². The molecule has 152 valence electrons. The fourth-order valence-corrected chi connectivity index (χ4v) is 3.95. The van der Waals surface area contributed by atoms with Gasteiger partial charge in [0.25, 0.3) is 5.91 Å². The Hall–Kier alpha value is -2.13. The molecule has 4 heterocycles. The molecule has 1 unspecified atom stereocenters. The Balaban J connectivity index is 1.45. The summed E-state index contributed by atoms with van der Waals surface area (Å²) in [5, 5.41) is 0. The van der Waals surface area contributed by atoms with Crippen molar-refractivity contribution in [1.29, 1.82) is 0 Å². The Kier molecular flexibility index (Phi) is 5.29. The van der Waals surface area contributed by atoms with Gasteiger partial charge in [-0.3, -0.25) is 9.20 Å². The average Bonchev–Trinajstić information content (AvgIpc) is 3.40. The lowest BCUT2D eigenvalue weighted by atomic mass is 10.2. The van der Waals surface area contributed by atoms with Crippen molar-refractivity contribution < 1.29 is 22.7 Å². The molecule has 9 heteroatoms. The highest BCUT2D eigenvalue weighted by Crippen LogP contribution is 2.33. The summed E-state index contributed by atoms with van der Waals surface area (Å²) in [4.78, 5) is 20.3. The van der Waals surface area contributed by atoms with Gasteiger partial charge in [-0.2, -0.15) is 13.2 Å². The molecule has 0 N–H and O–H groups in total. The molecule has 0 bridgehead atoms. The van der Waals surface area contributed by atoms with E-state index in [1.54, 1.807) is 12.1 Å². The number of imidazole rings is 1. The first-order valence-electron chi connectivity index (χ1n) is 9.61. The number of ether oxygens (including phenoxy) is 1. The fraction of sp³-hybridized carbons (Fsp3) is 0.579. The zero-order chi connectivity index (χ0) is 19.7. The molecule has 0 aliphatic carbocycles. The number of carbonyl (C=O) groups excluding carboxylic acids is 1. The number of nitrogens with zero attached hydrogens (tertiary/aromatic N) is 4.